The molecule has 1 aromatic carbocycles. The molecule has 0 fully saturated rings. The molecule has 0 saturated heterocycles. The van der Waals surface area contributed by atoms with Gasteiger partial charge in [0.1, 0.15) is 18.2 Å². The summed E-state index contributed by atoms with van der Waals surface area (Å²) in [6.45, 7) is 8.03. The first-order valence-corrected chi connectivity index (χ1v) is 13.8. The van der Waals surface area contributed by atoms with Gasteiger partial charge in [0.25, 0.3) is 0 Å². The standard InChI is InChI=1S/C18H20ClIN4O3Si/c1-28(2,3)8-7-26-11-24-10-14(20)15-16(24)21-18(19)22-17(15)27-13-6-4-5-12(9-13)23-25/h4-6,9-10H,7-8,11H2,1-3H3. The van der Waals surface area contributed by atoms with Crippen LogP contribution in [-0.4, -0.2) is 29.2 Å². The van der Waals surface area contributed by atoms with E-state index in [0.29, 0.717) is 30.6 Å². The Labute approximate surface area is 182 Å². The van der Waals surface area contributed by atoms with E-state index in [0.717, 1.165) is 15.0 Å². The molecule has 0 saturated carbocycles. The molecule has 0 spiro atoms. The van der Waals surface area contributed by atoms with Crippen molar-refractivity contribution in [1.82, 2.24) is 14.5 Å². The fourth-order valence-corrected chi connectivity index (χ4v) is 4.23. The van der Waals surface area contributed by atoms with Crippen molar-refractivity contribution in [2.75, 3.05) is 6.61 Å². The Morgan fingerprint density at radius 2 is 2.07 bits per heavy atom. The molecule has 2 aromatic heterocycles. The number of hydrogen-bond acceptors (Lipinski definition) is 6. The summed E-state index contributed by atoms with van der Waals surface area (Å²) in [5.41, 5.74) is 0.911. The van der Waals surface area contributed by atoms with Crippen LogP contribution in [0.5, 0.6) is 11.6 Å². The average Bonchev–Trinajstić information content (AvgIpc) is 2.94. The van der Waals surface area contributed by atoms with Gasteiger partial charge in [-0.15, -0.1) is 4.91 Å². The van der Waals surface area contributed by atoms with E-state index in [1.165, 1.54) is 6.07 Å². The largest absolute Gasteiger partial charge is 0.438 e. The predicted octanol–water partition coefficient (Wildman–Crippen LogP) is 6.19. The van der Waals surface area contributed by atoms with Gasteiger partial charge in [0.15, 0.2) is 5.65 Å². The van der Waals surface area contributed by atoms with Gasteiger partial charge in [-0.25, -0.2) is 0 Å². The highest BCUT2D eigenvalue weighted by atomic mass is 127. The molecule has 0 amide bonds. The van der Waals surface area contributed by atoms with Gasteiger partial charge in [-0.05, 0) is 57.5 Å². The molecule has 0 aliphatic carbocycles. The number of benzene rings is 1. The van der Waals surface area contributed by atoms with E-state index in [4.69, 9.17) is 21.1 Å². The molecule has 0 radical (unpaired) electrons. The van der Waals surface area contributed by atoms with Crippen LogP contribution in [0.2, 0.25) is 31.0 Å². The van der Waals surface area contributed by atoms with Crippen molar-refractivity contribution >= 4 is 59.0 Å². The molecule has 0 atom stereocenters. The van der Waals surface area contributed by atoms with Gasteiger partial charge in [0.05, 0.1) is 5.39 Å². The molecule has 7 nitrogen and oxygen atoms in total. The van der Waals surface area contributed by atoms with Crippen LogP contribution in [0.15, 0.2) is 35.6 Å². The van der Waals surface area contributed by atoms with Crippen LogP contribution in [-0.2, 0) is 11.5 Å². The maximum absolute atomic E-state index is 10.8. The molecule has 0 aliphatic rings. The van der Waals surface area contributed by atoms with E-state index in [2.05, 4.69) is 57.4 Å². The van der Waals surface area contributed by atoms with Gasteiger partial charge in [-0.1, -0.05) is 25.7 Å². The van der Waals surface area contributed by atoms with Gasteiger partial charge in [-0.3, -0.25) is 0 Å². The van der Waals surface area contributed by atoms with Crippen molar-refractivity contribution in [3.63, 3.8) is 0 Å². The van der Waals surface area contributed by atoms with Crippen molar-refractivity contribution in [3.05, 3.63) is 44.2 Å². The fourth-order valence-electron chi connectivity index (χ4n) is 2.51. The molecule has 3 rings (SSSR count). The van der Waals surface area contributed by atoms with Crippen LogP contribution in [0, 0.1) is 8.48 Å². The second kappa shape index (κ2) is 8.85. The van der Waals surface area contributed by atoms with E-state index in [-0.39, 0.29) is 11.0 Å². The van der Waals surface area contributed by atoms with Crippen LogP contribution in [0.1, 0.15) is 0 Å². The summed E-state index contributed by atoms with van der Waals surface area (Å²) in [4.78, 5) is 19.3. The minimum Gasteiger partial charge on any atom is -0.438 e. The number of nitroso groups, excluding NO2 is 1. The van der Waals surface area contributed by atoms with Gasteiger partial charge in [0.2, 0.25) is 11.2 Å². The lowest BCUT2D eigenvalue weighted by atomic mass is 10.3. The number of nitrogens with zero attached hydrogens (tertiary/aromatic N) is 4. The SMILES string of the molecule is C[Si](C)(C)CCOCn1cc(I)c2c(Oc3cccc(N=O)c3)nc(Cl)nc21. The summed E-state index contributed by atoms with van der Waals surface area (Å²) in [6, 6.07) is 7.64. The number of fused-ring (bicyclic) bond motifs is 1. The third-order valence-corrected chi connectivity index (χ3v) is 6.66. The monoisotopic (exact) mass is 530 g/mol. The fraction of sp³-hybridized carbons (Fsp3) is 0.333. The predicted molar refractivity (Wildman–Crippen MR) is 121 cm³/mol. The lowest BCUT2D eigenvalue weighted by Crippen LogP contribution is -2.22. The Kier molecular flexibility index (Phi) is 6.68. The summed E-state index contributed by atoms with van der Waals surface area (Å²) in [7, 11) is -1.15. The van der Waals surface area contributed by atoms with E-state index < -0.39 is 8.07 Å². The van der Waals surface area contributed by atoms with E-state index in [1.54, 1.807) is 18.2 Å². The zero-order valence-corrected chi connectivity index (χ0v) is 19.7. The zero-order valence-electron chi connectivity index (χ0n) is 15.8. The Morgan fingerprint density at radius 1 is 1.29 bits per heavy atom. The highest BCUT2D eigenvalue weighted by Crippen LogP contribution is 2.34. The summed E-state index contributed by atoms with van der Waals surface area (Å²) < 4.78 is 14.5. The maximum atomic E-state index is 10.8. The van der Waals surface area contributed by atoms with E-state index in [9.17, 15) is 4.91 Å². The molecule has 148 valence electrons. The smallest absolute Gasteiger partial charge is 0.234 e. The molecule has 0 aliphatic heterocycles. The molecular formula is C18H20ClIN4O3Si. The molecule has 28 heavy (non-hydrogen) atoms. The molecule has 0 N–H and O–H groups in total. The Hall–Kier alpha value is -1.56. The van der Waals surface area contributed by atoms with Crippen LogP contribution in [0.4, 0.5) is 5.69 Å². The number of halogens is 2. The van der Waals surface area contributed by atoms with E-state index >= 15 is 0 Å². The molecule has 0 bridgehead atoms. The minimum atomic E-state index is -1.15. The third-order valence-electron chi connectivity index (χ3n) is 3.97. The molecule has 3 aromatic rings. The van der Waals surface area contributed by atoms with Crippen molar-refractivity contribution in [2.24, 2.45) is 5.18 Å². The third kappa shape index (κ3) is 5.28. The number of hydrogen-bond donors (Lipinski definition) is 0. The Balaban J connectivity index is 1.88. The molecule has 0 unspecified atom stereocenters. The van der Waals surface area contributed by atoms with Gasteiger partial charge >= 0.3 is 0 Å². The number of rotatable bonds is 8. The Morgan fingerprint density at radius 3 is 2.79 bits per heavy atom. The molecule has 10 heteroatoms. The average molecular weight is 531 g/mol. The topological polar surface area (TPSA) is 78.6 Å². The Bertz CT molecular complexity index is 1010. The summed E-state index contributed by atoms with van der Waals surface area (Å²) in [6.07, 6.45) is 1.93. The lowest BCUT2D eigenvalue weighted by molar-refractivity contribution is 0.0898. The van der Waals surface area contributed by atoms with Crippen molar-refractivity contribution in [2.45, 2.75) is 32.4 Å². The van der Waals surface area contributed by atoms with Gasteiger partial charge in [0, 0.05) is 30.5 Å². The molecule has 2 heterocycles. The quantitative estimate of drug-likeness (QED) is 0.114. The highest BCUT2D eigenvalue weighted by Gasteiger charge is 2.18. The summed E-state index contributed by atoms with van der Waals surface area (Å²) in [5, 5.41) is 3.74. The highest BCUT2D eigenvalue weighted by molar-refractivity contribution is 14.1. The first-order chi connectivity index (χ1) is 13.3. The normalized spacial score (nSPS) is 11.8. The zero-order chi connectivity index (χ0) is 20.3. The van der Waals surface area contributed by atoms with E-state index in [1.807, 2.05) is 10.8 Å². The van der Waals surface area contributed by atoms with Crippen molar-refractivity contribution < 1.29 is 9.47 Å². The molecular weight excluding hydrogens is 511 g/mol. The van der Waals surface area contributed by atoms with Gasteiger partial charge in [-0.2, -0.15) is 9.97 Å². The van der Waals surface area contributed by atoms with Crippen molar-refractivity contribution in [1.29, 1.82) is 0 Å². The number of ether oxygens (including phenoxy) is 2. The van der Waals surface area contributed by atoms with Crippen molar-refractivity contribution in [3.8, 4) is 11.6 Å². The van der Waals surface area contributed by atoms with Crippen LogP contribution < -0.4 is 4.74 Å². The second-order valence-electron chi connectivity index (χ2n) is 7.48. The van der Waals surface area contributed by atoms with Crippen LogP contribution in [0.3, 0.4) is 0 Å². The minimum absolute atomic E-state index is 0.0741. The lowest BCUT2D eigenvalue weighted by Gasteiger charge is -2.15. The summed E-state index contributed by atoms with van der Waals surface area (Å²) >= 11 is 8.34. The second-order valence-corrected chi connectivity index (χ2v) is 14.6. The maximum Gasteiger partial charge on any atom is 0.234 e. The summed E-state index contributed by atoms with van der Waals surface area (Å²) in [5.74, 6) is 0.770. The number of aromatic nitrogens is 3. The first-order valence-electron chi connectivity index (χ1n) is 8.68. The van der Waals surface area contributed by atoms with Gasteiger partial charge < -0.3 is 14.0 Å². The van der Waals surface area contributed by atoms with Crippen LogP contribution in [0.25, 0.3) is 11.0 Å². The first kappa shape index (κ1) is 21.2. The van der Waals surface area contributed by atoms with Crippen LogP contribution >= 0.6 is 34.2 Å².